The molecule has 0 aliphatic heterocycles. The minimum absolute atomic E-state index is 0.196. The summed E-state index contributed by atoms with van der Waals surface area (Å²) in [5.74, 6) is 0. The first kappa shape index (κ1) is 10.5. The molecule has 1 aromatic carbocycles. The van der Waals surface area contributed by atoms with Crippen LogP contribution in [0.2, 0.25) is 5.02 Å². The molecular weight excluding hydrogens is 189 g/mol. The third-order valence-electron chi connectivity index (χ3n) is 2.06. The van der Waals surface area contributed by atoms with Crippen molar-refractivity contribution in [2.45, 2.75) is 19.1 Å². The molecule has 1 rings (SSSR count). The summed E-state index contributed by atoms with van der Waals surface area (Å²) in [6, 6.07) is 6.69. The van der Waals surface area contributed by atoms with E-state index in [1.807, 2.05) is 0 Å². The van der Waals surface area contributed by atoms with Crippen molar-refractivity contribution in [2.24, 2.45) is 0 Å². The maximum atomic E-state index is 13.6. The summed E-state index contributed by atoms with van der Waals surface area (Å²) in [6.45, 7) is 1.80. The van der Waals surface area contributed by atoms with Gasteiger partial charge in [-0.15, -0.1) is 0 Å². The maximum Gasteiger partial charge on any atom is 0.140 e. The fourth-order valence-corrected chi connectivity index (χ4v) is 1.31. The number of hydrogen-bond donors (Lipinski definition) is 1. The van der Waals surface area contributed by atoms with Gasteiger partial charge in [0.1, 0.15) is 6.17 Å². The predicted molar refractivity (Wildman–Crippen MR) is 53.8 cm³/mol. The van der Waals surface area contributed by atoms with Crippen LogP contribution in [0.1, 0.15) is 18.7 Å². The molecule has 0 radical (unpaired) electrons. The van der Waals surface area contributed by atoms with Gasteiger partial charge in [-0.05, 0) is 31.7 Å². The molecule has 0 spiro atoms. The third kappa shape index (κ3) is 2.68. The van der Waals surface area contributed by atoms with Crippen molar-refractivity contribution in [3.05, 3.63) is 34.9 Å². The van der Waals surface area contributed by atoms with Crippen LogP contribution in [0.3, 0.4) is 0 Å². The van der Waals surface area contributed by atoms with Crippen molar-refractivity contribution in [3.63, 3.8) is 0 Å². The fourth-order valence-electron chi connectivity index (χ4n) is 1.11. The Morgan fingerprint density at radius 3 is 2.69 bits per heavy atom. The van der Waals surface area contributed by atoms with Crippen LogP contribution >= 0.6 is 11.6 Å². The van der Waals surface area contributed by atoms with Crippen LogP contribution in [0, 0.1) is 0 Å². The van der Waals surface area contributed by atoms with Gasteiger partial charge >= 0.3 is 0 Å². The zero-order chi connectivity index (χ0) is 9.84. The topological polar surface area (TPSA) is 12.0 Å². The maximum absolute atomic E-state index is 13.6. The van der Waals surface area contributed by atoms with Gasteiger partial charge in [0, 0.05) is 11.1 Å². The molecule has 1 N–H and O–H groups in total. The van der Waals surface area contributed by atoms with Crippen molar-refractivity contribution in [1.82, 2.24) is 5.32 Å². The van der Waals surface area contributed by atoms with Crippen molar-refractivity contribution in [2.75, 3.05) is 7.05 Å². The van der Waals surface area contributed by atoms with E-state index in [0.29, 0.717) is 10.6 Å². The zero-order valence-corrected chi connectivity index (χ0v) is 8.48. The Morgan fingerprint density at radius 1 is 1.46 bits per heavy atom. The van der Waals surface area contributed by atoms with E-state index in [2.05, 4.69) is 5.32 Å². The number of benzene rings is 1. The normalized spacial score (nSPS) is 15.4. The number of nitrogens with one attached hydrogen (secondary N) is 1. The van der Waals surface area contributed by atoms with Gasteiger partial charge in [0.05, 0.1) is 0 Å². The summed E-state index contributed by atoms with van der Waals surface area (Å²) >= 11 is 5.75. The van der Waals surface area contributed by atoms with Crippen LogP contribution in [-0.4, -0.2) is 13.1 Å². The minimum Gasteiger partial charge on any atom is -0.314 e. The third-order valence-corrected chi connectivity index (χ3v) is 2.30. The van der Waals surface area contributed by atoms with E-state index in [4.69, 9.17) is 11.6 Å². The molecule has 0 amide bonds. The Bertz CT molecular complexity index is 277. The Hall–Kier alpha value is -0.600. The lowest BCUT2D eigenvalue weighted by atomic mass is 10.1. The van der Waals surface area contributed by atoms with E-state index in [-0.39, 0.29) is 6.04 Å². The number of alkyl halides is 1. The standard InChI is InChI=1S/C10H13ClFN/c1-7(13-2)10(12)8-4-3-5-9(11)6-8/h3-7,10,13H,1-2H3. The van der Waals surface area contributed by atoms with Gasteiger partial charge in [0.25, 0.3) is 0 Å². The molecule has 0 saturated carbocycles. The first-order valence-electron chi connectivity index (χ1n) is 4.22. The van der Waals surface area contributed by atoms with Crippen LogP contribution in [0.25, 0.3) is 0 Å². The summed E-state index contributed by atoms with van der Waals surface area (Å²) in [6.07, 6.45) is -1.01. The second-order valence-electron chi connectivity index (χ2n) is 3.03. The SMILES string of the molecule is CNC(C)C(F)c1cccc(Cl)c1. The van der Waals surface area contributed by atoms with Gasteiger partial charge in [-0.25, -0.2) is 4.39 Å². The number of likely N-dealkylation sites (N-methyl/N-ethyl adjacent to an activating group) is 1. The summed E-state index contributed by atoms with van der Waals surface area (Å²) in [5, 5.41) is 3.44. The molecule has 0 bridgehead atoms. The van der Waals surface area contributed by atoms with E-state index in [1.54, 1.807) is 38.2 Å². The lowest BCUT2D eigenvalue weighted by Crippen LogP contribution is -2.26. The molecule has 2 unspecified atom stereocenters. The zero-order valence-electron chi connectivity index (χ0n) is 7.72. The summed E-state index contributed by atoms with van der Waals surface area (Å²) in [4.78, 5) is 0. The molecular formula is C10H13ClFN. The van der Waals surface area contributed by atoms with E-state index in [9.17, 15) is 4.39 Å². The van der Waals surface area contributed by atoms with Crippen LogP contribution in [-0.2, 0) is 0 Å². The first-order valence-corrected chi connectivity index (χ1v) is 4.59. The van der Waals surface area contributed by atoms with Gasteiger partial charge < -0.3 is 5.32 Å². The van der Waals surface area contributed by atoms with Gasteiger partial charge in [-0.2, -0.15) is 0 Å². The highest BCUT2D eigenvalue weighted by atomic mass is 35.5. The number of rotatable bonds is 3. The number of hydrogen-bond acceptors (Lipinski definition) is 1. The second-order valence-corrected chi connectivity index (χ2v) is 3.47. The average Bonchev–Trinajstić information content (AvgIpc) is 2.15. The molecule has 13 heavy (non-hydrogen) atoms. The van der Waals surface area contributed by atoms with E-state index >= 15 is 0 Å². The molecule has 0 aliphatic rings. The van der Waals surface area contributed by atoms with Crippen LogP contribution in [0.15, 0.2) is 24.3 Å². The quantitative estimate of drug-likeness (QED) is 0.793. The van der Waals surface area contributed by atoms with Gasteiger partial charge in [-0.3, -0.25) is 0 Å². The summed E-state index contributed by atoms with van der Waals surface area (Å²) < 4.78 is 13.6. The van der Waals surface area contributed by atoms with Crippen molar-refractivity contribution in [3.8, 4) is 0 Å². The molecule has 72 valence electrons. The fraction of sp³-hybridized carbons (Fsp3) is 0.400. The molecule has 3 heteroatoms. The molecule has 2 atom stereocenters. The lowest BCUT2D eigenvalue weighted by molar-refractivity contribution is 0.275. The van der Waals surface area contributed by atoms with Crippen LogP contribution in [0.5, 0.6) is 0 Å². The molecule has 0 aliphatic carbocycles. The van der Waals surface area contributed by atoms with E-state index < -0.39 is 6.17 Å². The first-order chi connectivity index (χ1) is 6.15. The Morgan fingerprint density at radius 2 is 2.15 bits per heavy atom. The summed E-state index contributed by atoms with van der Waals surface area (Å²) in [7, 11) is 1.74. The lowest BCUT2D eigenvalue weighted by Gasteiger charge is -2.16. The Labute approximate surface area is 82.9 Å². The molecule has 1 aromatic rings. The highest BCUT2D eigenvalue weighted by molar-refractivity contribution is 6.30. The highest BCUT2D eigenvalue weighted by Crippen LogP contribution is 2.23. The molecule has 0 heterocycles. The van der Waals surface area contributed by atoms with Crippen LogP contribution < -0.4 is 5.32 Å². The number of halogens is 2. The van der Waals surface area contributed by atoms with Gasteiger partial charge in [0.15, 0.2) is 0 Å². The summed E-state index contributed by atoms with van der Waals surface area (Å²) in [5.41, 5.74) is 0.620. The van der Waals surface area contributed by atoms with Crippen molar-refractivity contribution in [1.29, 1.82) is 0 Å². The van der Waals surface area contributed by atoms with E-state index in [0.717, 1.165) is 0 Å². The van der Waals surface area contributed by atoms with Crippen molar-refractivity contribution >= 4 is 11.6 Å². The monoisotopic (exact) mass is 201 g/mol. The molecule has 0 saturated heterocycles. The predicted octanol–water partition coefficient (Wildman–Crippen LogP) is 2.96. The van der Waals surface area contributed by atoms with Gasteiger partial charge in [0.2, 0.25) is 0 Å². The van der Waals surface area contributed by atoms with Gasteiger partial charge in [-0.1, -0.05) is 23.7 Å². The Kier molecular flexibility index (Phi) is 3.70. The van der Waals surface area contributed by atoms with Crippen molar-refractivity contribution < 1.29 is 4.39 Å². The molecule has 1 nitrogen and oxygen atoms in total. The minimum atomic E-state index is -1.01. The van der Waals surface area contributed by atoms with E-state index in [1.165, 1.54) is 0 Å². The molecule has 0 aromatic heterocycles. The second kappa shape index (κ2) is 4.58. The Balaban J connectivity index is 2.82. The molecule has 0 fully saturated rings. The largest absolute Gasteiger partial charge is 0.314 e. The average molecular weight is 202 g/mol. The highest BCUT2D eigenvalue weighted by Gasteiger charge is 2.16. The van der Waals surface area contributed by atoms with Crippen LogP contribution in [0.4, 0.5) is 4.39 Å². The smallest absolute Gasteiger partial charge is 0.140 e.